The van der Waals surface area contributed by atoms with Crippen LogP contribution in [0.5, 0.6) is 0 Å². The molecule has 1 fully saturated rings. The average Bonchev–Trinajstić information content (AvgIpc) is 2.39. The molecule has 0 saturated carbocycles. The van der Waals surface area contributed by atoms with E-state index >= 15 is 0 Å². The molecule has 0 radical (unpaired) electrons. The maximum atomic E-state index is 8.22. The third kappa shape index (κ3) is 1.97. The van der Waals surface area contributed by atoms with Gasteiger partial charge in [-0.25, -0.2) is 0 Å². The van der Waals surface area contributed by atoms with Gasteiger partial charge in [-0.15, -0.1) is 6.58 Å². The first-order valence-electron chi connectivity index (χ1n) is 3.77. The number of nitrogens with zero attached hydrogens (tertiary/aromatic N) is 4. The molecule has 0 spiro atoms. The monoisotopic (exact) mass is 152 g/mol. The van der Waals surface area contributed by atoms with Gasteiger partial charge >= 0.3 is 0 Å². The van der Waals surface area contributed by atoms with Crippen LogP contribution < -0.4 is 0 Å². The van der Waals surface area contributed by atoms with Gasteiger partial charge in [0.1, 0.15) is 0 Å². The highest BCUT2D eigenvalue weighted by molar-refractivity contribution is 4.83. The zero-order chi connectivity index (χ0) is 8.10. The van der Waals surface area contributed by atoms with Crippen molar-refractivity contribution < 1.29 is 0 Å². The SMILES string of the molecule is C=CCN1CCCC1N=[N+]=[N-]. The van der Waals surface area contributed by atoms with Gasteiger partial charge in [-0.05, 0) is 24.9 Å². The van der Waals surface area contributed by atoms with Gasteiger partial charge in [0.25, 0.3) is 0 Å². The van der Waals surface area contributed by atoms with E-state index in [0.717, 1.165) is 25.9 Å². The highest BCUT2D eigenvalue weighted by Gasteiger charge is 2.21. The van der Waals surface area contributed by atoms with Crippen LogP contribution in [0.4, 0.5) is 0 Å². The van der Waals surface area contributed by atoms with E-state index in [4.69, 9.17) is 5.53 Å². The second-order valence-electron chi connectivity index (χ2n) is 2.61. The number of hydrogen-bond acceptors (Lipinski definition) is 2. The van der Waals surface area contributed by atoms with Gasteiger partial charge in [0.05, 0.1) is 6.17 Å². The molecule has 1 aliphatic heterocycles. The summed E-state index contributed by atoms with van der Waals surface area (Å²) in [7, 11) is 0. The van der Waals surface area contributed by atoms with Gasteiger partial charge in [0.2, 0.25) is 0 Å². The molecule has 60 valence electrons. The smallest absolute Gasteiger partial charge is 0.0889 e. The molecule has 0 aromatic rings. The summed E-state index contributed by atoms with van der Waals surface area (Å²) < 4.78 is 0. The molecule has 0 aromatic heterocycles. The van der Waals surface area contributed by atoms with Crippen LogP contribution in [0.1, 0.15) is 12.8 Å². The van der Waals surface area contributed by atoms with Crippen LogP contribution in [0.3, 0.4) is 0 Å². The third-order valence-electron chi connectivity index (χ3n) is 1.88. The van der Waals surface area contributed by atoms with Gasteiger partial charge in [-0.1, -0.05) is 11.2 Å². The molecule has 0 amide bonds. The molecule has 1 aliphatic rings. The summed E-state index contributed by atoms with van der Waals surface area (Å²) >= 11 is 0. The first-order chi connectivity index (χ1) is 5.38. The molecule has 0 N–H and O–H groups in total. The van der Waals surface area contributed by atoms with E-state index in [0.29, 0.717) is 0 Å². The van der Waals surface area contributed by atoms with E-state index in [1.807, 2.05) is 6.08 Å². The van der Waals surface area contributed by atoms with E-state index in [1.165, 1.54) is 0 Å². The van der Waals surface area contributed by atoms with Crippen LogP contribution in [0.25, 0.3) is 10.4 Å². The van der Waals surface area contributed by atoms with Crippen LogP contribution in [0.15, 0.2) is 17.8 Å². The molecule has 4 nitrogen and oxygen atoms in total. The maximum absolute atomic E-state index is 8.22. The molecule has 0 aliphatic carbocycles. The van der Waals surface area contributed by atoms with Crippen molar-refractivity contribution in [1.29, 1.82) is 0 Å². The lowest BCUT2D eigenvalue weighted by atomic mass is 10.3. The van der Waals surface area contributed by atoms with E-state index in [-0.39, 0.29) is 6.17 Å². The molecule has 11 heavy (non-hydrogen) atoms. The molecule has 1 unspecified atom stereocenters. The lowest BCUT2D eigenvalue weighted by Gasteiger charge is -2.17. The Hall–Kier alpha value is -0.990. The van der Waals surface area contributed by atoms with Crippen LogP contribution in [-0.4, -0.2) is 24.2 Å². The maximum Gasteiger partial charge on any atom is 0.0889 e. The lowest BCUT2D eigenvalue weighted by Crippen LogP contribution is -2.27. The summed E-state index contributed by atoms with van der Waals surface area (Å²) in [5.74, 6) is 0. The molecular formula is C7H12N4. The van der Waals surface area contributed by atoms with E-state index in [9.17, 15) is 0 Å². The number of rotatable bonds is 3. The molecule has 4 heteroatoms. The highest BCUT2D eigenvalue weighted by atomic mass is 15.3. The number of hydrogen-bond donors (Lipinski definition) is 0. The zero-order valence-corrected chi connectivity index (χ0v) is 6.48. The molecule has 1 saturated heterocycles. The van der Waals surface area contributed by atoms with Crippen LogP contribution in [-0.2, 0) is 0 Å². The third-order valence-corrected chi connectivity index (χ3v) is 1.88. The van der Waals surface area contributed by atoms with Crippen molar-refractivity contribution in [1.82, 2.24) is 4.90 Å². The summed E-state index contributed by atoms with van der Waals surface area (Å²) in [6, 6.07) is 0. The number of likely N-dealkylation sites (tertiary alicyclic amines) is 1. The van der Waals surface area contributed by atoms with Gasteiger partial charge in [-0.3, -0.25) is 4.90 Å². The Morgan fingerprint density at radius 1 is 1.82 bits per heavy atom. The van der Waals surface area contributed by atoms with Gasteiger partial charge in [0.15, 0.2) is 0 Å². The van der Waals surface area contributed by atoms with Gasteiger partial charge in [0, 0.05) is 11.5 Å². The molecule has 1 rings (SSSR count). The van der Waals surface area contributed by atoms with Crippen LogP contribution in [0.2, 0.25) is 0 Å². The zero-order valence-electron chi connectivity index (χ0n) is 6.48. The fraction of sp³-hybridized carbons (Fsp3) is 0.714. The Labute approximate surface area is 66.1 Å². The molecule has 1 heterocycles. The van der Waals surface area contributed by atoms with Crippen molar-refractivity contribution in [3.8, 4) is 0 Å². The summed E-state index contributed by atoms with van der Waals surface area (Å²) in [5.41, 5.74) is 8.22. The fourth-order valence-corrected chi connectivity index (χ4v) is 1.38. The molecule has 1 atom stereocenters. The average molecular weight is 152 g/mol. The van der Waals surface area contributed by atoms with E-state index in [2.05, 4.69) is 21.5 Å². The Balaban J connectivity index is 2.49. The predicted octanol–water partition coefficient (Wildman–Crippen LogP) is 1.90. The fourth-order valence-electron chi connectivity index (χ4n) is 1.38. The van der Waals surface area contributed by atoms with Crippen LogP contribution in [0, 0.1) is 0 Å². The minimum atomic E-state index is 0.0676. The van der Waals surface area contributed by atoms with E-state index < -0.39 is 0 Å². The Morgan fingerprint density at radius 3 is 3.27 bits per heavy atom. The normalized spacial score (nSPS) is 24.5. The van der Waals surface area contributed by atoms with Crippen molar-refractivity contribution in [2.45, 2.75) is 19.0 Å². The van der Waals surface area contributed by atoms with Crippen molar-refractivity contribution in [3.05, 3.63) is 23.1 Å². The summed E-state index contributed by atoms with van der Waals surface area (Å²) in [5, 5.41) is 3.68. The van der Waals surface area contributed by atoms with Gasteiger partial charge < -0.3 is 0 Å². The quantitative estimate of drug-likeness (QED) is 0.264. The van der Waals surface area contributed by atoms with E-state index in [1.54, 1.807) is 0 Å². The predicted molar refractivity (Wildman–Crippen MR) is 43.9 cm³/mol. The highest BCUT2D eigenvalue weighted by Crippen LogP contribution is 2.17. The van der Waals surface area contributed by atoms with Crippen molar-refractivity contribution in [2.24, 2.45) is 5.11 Å². The second-order valence-corrected chi connectivity index (χ2v) is 2.61. The largest absolute Gasteiger partial charge is 0.291 e. The molecule has 0 aromatic carbocycles. The number of azide groups is 1. The lowest BCUT2D eigenvalue weighted by molar-refractivity contribution is 0.287. The first kappa shape index (κ1) is 8.11. The minimum absolute atomic E-state index is 0.0676. The van der Waals surface area contributed by atoms with Crippen molar-refractivity contribution >= 4 is 0 Å². The van der Waals surface area contributed by atoms with Crippen molar-refractivity contribution in [3.63, 3.8) is 0 Å². The molecular weight excluding hydrogens is 140 g/mol. The van der Waals surface area contributed by atoms with Gasteiger partial charge in [-0.2, -0.15) is 0 Å². The Morgan fingerprint density at radius 2 is 2.64 bits per heavy atom. The summed E-state index contributed by atoms with van der Waals surface area (Å²) in [4.78, 5) is 4.93. The standard InChI is InChI=1S/C7H12N4/c1-2-5-11-6-3-4-7(11)9-10-8/h2,7H,1,3-6H2. The molecule has 0 bridgehead atoms. The Bertz CT molecular complexity index is 183. The summed E-state index contributed by atoms with van der Waals surface area (Å²) in [6.45, 7) is 5.49. The first-order valence-corrected chi connectivity index (χ1v) is 3.77. The second kappa shape index (κ2) is 4.01. The summed E-state index contributed by atoms with van der Waals surface area (Å²) in [6.07, 6.45) is 4.01. The van der Waals surface area contributed by atoms with Crippen molar-refractivity contribution in [2.75, 3.05) is 13.1 Å². The van der Waals surface area contributed by atoms with Crippen LogP contribution >= 0.6 is 0 Å². The Kier molecular flexibility index (Phi) is 2.95. The minimum Gasteiger partial charge on any atom is -0.291 e. The topological polar surface area (TPSA) is 52.0 Å².